The van der Waals surface area contributed by atoms with Crippen LogP contribution in [0.4, 0.5) is 4.39 Å². The molecule has 0 unspecified atom stereocenters. The number of nitrogens with zero attached hydrogens (tertiary/aromatic N) is 3. The van der Waals surface area contributed by atoms with E-state index in [1.165, 1.54) is 13.2 Å². The maximum Gasteiger partial charge on any atom is 0.303 e. The molecule has 38 heavy (non-hydrogen) atoms. The van der Waals surface area contributed by atoms with Crippen molar-refractivity contribution in [1.82, 2.24) is 0 Å². The quantitative estimate of drug-likeness (QED) is 0.151. The third-order valence-electron chi connectivity index (χ3n) is 7.08. The summed E-state index contributed by atoms with van der Waals surface area (Å²) in [5, 5.41) is 13.1. The Morgan fingerprint density at radius 2 is 1.92 bits per heavy atom. The fourth-order valence-corrected chi connectivity index (χ4v) is 4.85. The molecule has 3 aromatic rings. The van der Waals surface area contributed by atoms with Crippen molar-refractivity contribution in [3.63, 3.8) is 0 Å². The van der Waals surface area contributed by atoms with E-state index in [1.54, 1.807) is 12.1 Å². The smallest absolute Gasteiger partial charge is 0.303 e. The first kappa shape index (κ1) is 27.0. The van der Waals surface area contributed by atoms with Crippen LogP contribution in [-0.4, -0.2) is 24.7 Å². The Hall–Kier alpha value is -4.03. The van der Waals surface area contributed by atoms with Crippen LogP contribution in [-0.2, 0) is 16.8 Å². The first-order chi connectivity index (χ1) is 18.2. The molecule has 0 radical (unpaired) electrons. The number of halogens is 1. The standard InChI is InChI=1S/C30H32FN3O4/c1-30(2,18-33-34-32)27-13-19(7-11-24(27)26-15-22(37-3)10-12-28(26)31)17-38-23-6-4-5-21(14-23)25(16-29(35)36)20-8-9-20/h4-7,10-15,20,25H,8-9,16-18H2,1-3H3,(H,35,36)/t25-/m0/s1. The van der Waals surface area contributed by atoms with Crippen LogP contribution in [0.25, 0.3) is 21.6 Å². The van der Waals surface area contributed by atoms with Crippen molar-refractivity contribution < 1.29 is 23.8 Å². The second kappa shape index (κ2) is 11.6. The molecule has 0 bridgehead atoms. The molecule has 1 saturated carbocycles. The number of carboxylic acid groups (broad SMARTS) is 1. The van der Waals surface area contributed by atoms with Crippen LogP contribution in [0.5, 0.6) is 11.5 Å². The fourth-order valence-electron chi connectivity index (χ4n) is 4.85. The van der Waals surface area contributed by atoms with Crippen molar-refractivity contribution in [3.05, 3.63) is 93.6 Å². The monoisotopic (exact) mass is 517 g/mol. The van der Waals surface area contributed by atoms with E-state index in [9.17, 15) is 14.3 Å². The molecule has 7 nitrogen and oxygen atoms in total. The second-order valence-corrected chi connectivity index (χ2v) is 10.4. The number of ether oxygens (including phenoxy) is 2. The molecule has 1 aliphatic carbocycles. The van der Waals surface area contributed by atoms with Crippen LogP contribution in [0.2, 0.25) is 0 Å². The van der Waals surface area contributed by atoms with Gasteiger partial charge in [-0.1, -0.05) is 49.3 Å². The Morgan fingerprint density at radius 1 is 1.13 bits per heavy atom. The predicted molar refractivity (Wildman–Crippen MR) is 144 cm³/mol. The lowest BCUT2D eigenvalue weighted by Gasteiger charge is -2.27. The van der Waals surface area contributed by atoms with E-state index in [-0.39, 0.29) is 31.3 Å². The number of hydrogen-bond donors (Lipinski definition) is 1. The maximum absolute atomic E-state index is 14.9. The number of rotatable bonds is 12. The van der Waals surface area contributed by atoms with Gasteiger partial charge in [-0.3, -0.25) is 4.79 Å². The van der Waals surface area contributed by atoms with Gasteiger partial charge in [-0.15, -0.1) is 0 Å². The SMILES string of the molecule is COc1ccc(F)c(-c2ccc(COc3cccc([C@@H](CC(=O)O)C4CC4)c3)cc2C(C)(C)CN=[N+]=[N-])c1. The van der Waals surface area contributed by atoms with Crippen LogP contribution in [0.15, 0.2) is 65.8 Å². The number of methoxy groups -OCH3 is 1. The Morgan fingerprint density at radius 3 is 2.61 bits per heavy atom. The van der Waals surface area contributed by atoms with E-state index < -0.39 is 11.4 Å². The Balaban J connectivity index is 1.63. The van der Waals surface area contributed by atoms with E-state index in [0.29, 0.717) is 28.5 Å². The first-order valence-electron chi connectivity index (χ1n) is 12.6. The molecule has 0 aromatic heterocycles. The molecular weight excluding hydrogens is 485 g/mol. The van der Waals surface area contributed by atoms with Gasteiger partial charge in [0.2, 0.25) is 0 Å². The zero-order valence-corrected chi connectivity index (χ0v) is 21.9. The summed E-state index contributed by atoms with van der Waals surface area (Å²) < 4.78 is 26.4. The van der Waals surface area contributed by atoms with Gasteiger partial charge in [-0.05, 0) is 88.2 Å². The van der Waals surface area contributed by atoms with Crippen molar-refractivity contribution in [2.24, 2.45) is 11.0 Å². The largest absolute Gasteiger partial charge is 0.497 e. The molecular formula is C30H32FN3O4. The van der Waals surface area contributed by atoms with Gasteiger partial charge in [0, 0.05) is 17.0 Å². The number of carboxylic acids is 1. The minimum Gasteiger partial charge on any atom is -0.497 e. The summed E-state index contributed by atoms with van der Waals surface area (Å²) in [6, 6.07) is 18.0. The molecule has 1 fully saturated rings. The zero-order chi connectivity index (χ0) is 27.3. The third kappa shape index (κ3) is 6.45. The van der Waals surface area contributed by atoms with Gasteiger partial charge < -0.3 is 14.6 Å². The van der Waals surface area contributed by atoms with Gasteiger partial charge >= 0.3 is 5.97 Å². The molecule has 1 atom stereocenters. The van der Waals surface area contributed by atoms with Crippen LogP contribution >= 0.6 is 0 Å². The number of benzene rings is 3. The van der Waals surface area contributed by atoms with Gasteiger partial charge in [0.15, 0.2) is 0 Å². The lowest BCUT2D eigenvalue weighted by molar-refractivity contribution is -0.137. The molecule has 1 aliphatic rings. The van der Waals surface area contributed by atoms with Crippen molar-refractivity contribution in [1.29, 1.82) is 0 Å². The lowest BCUT2D eigenvalue weighted by Crippen LogP contribution is -2.22. The van der Waals surface area contributed by atoms with E-state index in [1.807, 2.05) is 56.3 Å². The first-order valence-corrected chi connectivity index (χ1v) is 12.6. The average molecular weight is 518 g/mol. The highest BCUT2D eigenvalue weighted by Gasteiger charge is 2.34. The highest BCUT2D eigenvalue weighted by Crippen LogP contribution is 2.45. The minimum absolute atomic E-state index is 0.0128. The Kier molecular flexibility index (Phi) is 8.23. The van der Waals surface area contributed by atoms with Gasteiger partial charge in [0.25, 0.3) is 0 Å². The summed E-state index contributed by atoms with van der Waals surface area (Å²) in [5.74, 6) is 0.430. The maximum atomic E-state index is 14.9. The number of carbonyl (C=O) groups is 1. The molecule has 0 amide bonds. The van der Waals surface area contributed by atoms with E-state index in [0.717, 1.165) is 29.5 Å². The minimum atomic E-state index is -0.795. The summed E-state index contributed by atoms with van der Waals surface area (Å²) >= 11 is 0. The molecule has 3 aromatic carbocycles. The molecule has 0 saturated heterocycles. The van der Waals surface area contributed by atoms with Crippen molar-refractivity contribution in [2.45, 2.75) is 51.0 Å². The number of aliphatic carboxylic acids is 1. The van der Waals surface area contributed by atoms with Crippen molar-refractivity contribution in [3.8, 4) is 22.6 Å². The molecule has 198 valence electrons. The fraction of sp³-hybridized carbons (Fsp3) is 0.367. The summed E-state index contributed by atoms with van der Waals surface area (Å²) in [5.41, 5.74) is 12.1. The van der Waals surface area contributed by atoms with Crippen LogP contribution in [0, 0.1) is 11.7 Å². The Bertz CT molecular complexity index is 1360. The normalized spacial score (nSPS) is 13.9. The van der Waals surface area contributed by atoms with Gasteiger partial charge in [0.05, 0.1) is 13.5 Å². The van der Waals surface area contributed by atoms with Crippen molar-refractivity contribution >= 4 is 5.97 Å². The Labute approximate surface area is 221 Å². The van der Waals surface area contributed by atoms with Crippen LogP contribution in [0.1, 0.15) is 55.7 Å². The number of hydrogen-bond acceptors (Lipinski definition) is 4. The van der Waals surface area contributed by atoms with E-state index >= 15 is 0 Å². The van der Waals surface area contributed by atoms with E-state index in [2.05, 4.69) is 10.0 Å². The van der Waals surface area contributed by atoms with Crippen LogP contribution in [0.3, 0.4) is 0 Å². The molecule has 1 N–H and O–H groups in total. The molecule has 0 heterocycles. The van der Waals surface area contributed by atoms with Gasteiger partial charge in [0.1, 0.15) is 23.9 Å². The van der Waals surface area contributed by atoms with Crippen molar-refractivity contribution in [2.75, 3.05) is 13.7 Å². The predicted octanol–water partition coefficient (Wildman–Crippen LogP) is 7.64. The summed E-state index contributed by atoms with van der Waals surface area (Å²) in [6.45, 7) is 4.36. The third-order valence-corrected chi connectivity index (χ3v) is 7.08. The van der Waals surface area contributed by atoms with E-state index in [4.69, 9.17) is 15.0 Å². The highest BCUT2D eigenvalue weighted by atomic mass is 19.1. The van der Waals surface area contributed by atoms with Gasteiger partial charge in [-0.25, -0.2) is 4.39 Å². The summed E-state index contributed by atoms with van der Waals surface area (Å²) in [6.07, 6.45) is 2.22. The van der Waals surface area contributed by atoms with Gasteiger partial charge in [-0.2, -0.15) is 0 Å². The molecule has 4 rings (SSSR count). The molecule has 8 heteroatoms. The summed E-state index contributed by atoms with van der Waals surface area (Å²) in [7, 11) is 1.54. The zero-order valence-electron chi connectivity index (χ0n) is 21.9. The molecule has 0 spiro atoms. The topological polar surface area (TPSA) is 105 Å². The second-order valence-electron chi connectivity index (χ2n) is 10.4. The van der Waals surface area contributed by atoms with Crippen LogP contribution < -0.4 is 9.47 Å². The molecule has 0 aliphatic heterocycles. The highest BCUT2D eigenvalue weighted by molar-refractivity contribution is 5.71. The average Bonchev–Trinajstić information content (AvgIpc) is 3.75. The summed E-state index contributed by atoms with van der Waals surface area (Å²) in [4.78, 5) is 14.3. The lowest BCUT2D eigenvalue weighted by atomic mass is 9.79. The number of azide groups is 1.